The monoisotopic (exact) mass is 617 g/mol. The van der Waals surface area contributed by atoms with Crippen LogP contribution in [0.2, 0.25) is 0 Å². The van der Waals surface area contributed by atoms with Crippen molar-refractivity contribution >= 4 is 23.9 Å². The summed E-state index contributed by atoms with van der Waals surface area (Å²) in [6, 6.07) is 25.0. The molecule has 0 heterocycles. The lowest BCUT2D eigenvalue weighted by molar-refractivity contribution is -0.763. The molecule has 4 aromatic rings. The predicted octanol–water partition coefficient (Wildman–Crippen LogP) is 4.86. The van der Waals surface area contributed by atoms with Crippen LogP contribution in [0.4, 0.5) is 0 Å². The third-order valence-corrected chi connectivity index (χ3v) is 5.51. The van der Waals surface area contributed by atoms with Crippen molar-refractivity contribution in [3.05, 3.63) is 129 Å². The zero-order chi connectivity index (χ0) is 32.8. The SMILES string of the molecule is CC(=O)Oc1ccccc1C(=O)Oc1ccc(CO)cc1.CC(=O)Oc1ccccc1C(=O)Oc1ccc(CO[N+](=O)[O-])cc1. The van der Waals surface area contributed by atoms with E-state index in [9.17, 15) is 29.3 Å². The van der Waals surface area contributed by atoms with E-state index in [1.165, 1.54) is 62.4 Å². The first-order chi connectivity index (χ1) is 21.5. The van der Waals surface area contributed by atoms with Crippen LogP contribution in [0.15, 0.2) is 97.1 Å². The fourth-order valence-corrected chi connectivity index (χ4v) is 3.53. The molecule has 0 aromatic heterocycles. The van der Waals surface area contributed by atoms with E-state index < -0.39 is 29.0 Å². The van der Waals surface area contributed by atoms with E-state index in [4.69, 9.17) is 24.1 Å². The van der Waals surface area contributed by atoms with Crippen molar-refractivity contribution in [1.82, 2.24) is 0 Å². The van der Waals surface area contributed by atoms with Crippen LogP contribution in [-0.4, -0.2) is 34.1 Å². The third-order valence-electron chi connectivity index (χ3n) is 5.51. The highest BCUT2D eigenvalue weighted by Crippen LogP contribution is 2.23. The van der Waals surface area contributed by atoms with Crippen LogP contribution >= 0.6 is 0 Å². The van der Waals surface area contributed by atoms with Gasteiger partial charge in [-0.3, -0.25) is 9.59 Å². The molecule has 0 saturated heterocycles. The van der Waals surface area contributed by atoms with E-state index in [-0.39, 0.29) is 41.6 Å². The molecule has 1 N–H and O–H groups in total. The normalized spacial score (nSPS) is 9.93. The zero-order valence-electron chi connectivity index (χ0n) is 24.0. The quantitative estimate of drug-likeness (QED) is 0.111. The Morgan fingerprint density at radius 3 is 1.40 bits per heavy atom. The van der Waals surface area contributed by atoms with Crippen LogP contribution < -0.4 is 18.9 Å². The van der Waals surface area contributed by atoms with Gasteiger partial charge in [0.15, 0.2) is 0 Å². The Bertz CT molecular complexity index is 1650. The van der Waals surface area contributed by atoms with Crippen molar-refractivity contribution in [1.29, 1.82) is 0 Å². The van der Waals surface area contributed by atoms with E-state index in [0.29, 0.717) is 11.3 Å². The minimum atomic E-state index is -0.889. The van der Waals surface area contributed by atoms with Crippen molar-refractivity contribution in [3.63, 3.8) is 0 Å². The number of carbonyl (C=O) groups is 4. The van der Waals surface area contributed by atoms with Gasteiger partial charge in [0, 0.05) is 13.8 Å². The van der Waals surface area contributed by atoms with Gasteiger partial charge in [0.05, 0.1) is 6.61 Å². The number of hydrogen-bond acceptors (Lipinski definition) is 12. The van der Waals surface area contributed by atoms with Crippen LogP contribution in [0.5, 0.6) is 23.0 Å². The van der Waals surface area contributed by atoms with Gasteiger partial charge in [-0.15, -0.1) is 10.1 Å². The van der Waals surface area contributed by atoms with Gasteiger partial charge in [0.25, 0.3) is 5.09 Å². The first-order valence-electron chi connectivity index (χ1n) is 13.1. The molecule has 0 unspecified atom stereocenters. The molecule has 0 radical (unpaired) electrons. The summed E-state index contributed by atoms with van der Waals surface area (Å²) in [5, 5.41) is 18.2. The number of ether oxygens (including phenoxy) is 4. The van der Waals surface area contributed by atoms with Gasteiger partial charge >= 0.3 is 23.9 Å². The first kappa shape index (κ1) is 33.4. The summed E-state index contributed by atoms with van der Waals surface area (Å²) in [6.45, 7) is 2.21. The third kappa shape index (κ3) is 10.9. The van der Waals surface area contributed by atoms with Crippen LogP contribution in [-0.2, 0) is 27.6 Å². The number of benzene rings is 4. The van der Waals surface area contributed by atoms with Crippen LogP contribution in [0.1, 0.15) is 45.7 Å². The van der Waals surface area contributed by atoms with Crippen LogP contribution in [0.3, 0.4) is 0 Å². The first-order valence-corrected chi connectivity index (χ1v) is 13.1. The number of rotatable bonds is 10. The fourth-order valence-electron chi connectivity index (χ4n) is 3.53. The van der Waals surface area contributed by atoms with E-state index in [0.717, 1.165) is 5.56 Å². The summed E-state index contributed by atoms with van der Waals surface area (Å²) in [5.74, 6) is -1.54. The molecule has 0 spiro atoms. The molecule has 0 amide bonds. The number of esters is 4. The maximum atomic E-state index is 12.2. The predicted molar refractivity (Wildman–Crippen MR) is 156 cm³/mol. The van der Waals surface area contributed by atoms with Crippen LogP contribution in [0.25, 0.3) is 0 Å². The van der Waals surface area contributed by atoms with Gasteiger partial charge in [-0.25, -0.2) is 9.59 Å². The van der Waals surface area contributed by atoms with Crippen molar-refractivity contribution < 1.29 is 53.2 Å². The lowest BCUT2D eigenvalue weighted by Gasteiger charge is -2.09. The van der Waals surface area contributed by atoms with Gasteiger partial charge in [-0.1, -0.05) is 48.5 Å². The smallest absolute Gasteiger partial charge is 0.347 e. The van der Waals surface area contributed by atoms with Gasteiger partial charge in [-0.05, 0) is 59.7 Å². The lowest BCUT2D eigenvalue weighted by Crippen LogP contribution is -2.12. The minimum absolute atomic E-state index is 0.0798. The zero-order valence-corrected chi connectivity index (χ0v) is 24.0. The molecule has 0 saturated carbocycles. The second-order valence-corrected chi connectivity index (χ2v) is 8.90. The Kier molecular flexibility index (Phi) is 12.3. The largest absolute Gasteiger partial charge is 0.426 e. The standard InChI is InChI=1S/C16H13NO7.C16H14O5/c1-11(18)23-15-5-3-2-4-14(15)16(19)24-13-8-6-12(7-9-13)10-22-17(20)21;1-11(18)20-15-5-3-2-4-14(15)16(19)21-13-8-6-12(10-17)7-9-13/h2-9H,10H2,1H3;2-9,17H,10H2,1H3. The maximum absolute atomic E-state index is 12.2. The summed E-state index contributed by atoms with van der Waals surface area (Å²) in [6.07, 6.45) is 0. The molecule has 0 aliphatic rings. The molecule has 13 nitrogen and oxygen atoms in total. The molecule has 45 heavy (non-hydrogen) atoms. The Hall–Kier alpha value is -6.08. The maximum Gasteiger partial charge on any atom is 0.347 e. The van der Waals surface area contributed by atoms with E-state index >= 15 is 0 Å². The Balaban J connectivity index is 0.000000248. The number of nitrogens with zero attached hydrogens (tertiary/aromatic N) is 1. The Labute approximate surface area is 256 Å². The molecule has 0 fully saturated rings. The fraction of sp³-hybridized carbons (Fsp3) is 0.125. The summed E-state index contributed by atoms with van der Waals surface area (Å²) in [7, 11) is 0. The van der Waals surface area contributed by atoms with E-state index in [1.54, 1.807) is 48.5 Å². The summed E-state index contributed by atoms with van der Waals surface area (Å²) in [5.41, 5.74) is 1.54. The molecule has 232 valence electrons. The summed E-state index contributed by atoms with van der Waals surface area (Å²) >= 11 is 0. The molecule has 0 aliphatic heterocycles. The number of carbonyl (C=O) groups excluding carboxylic acids is 4. The number of aliphatic hydroxyl groups excluding tert-OH is 1. The Morgan fingerprint density at radius 2 is 1.02 bits per heavy atom. The van der Waals surface area contributed by atoms with Crippen molar-refractivity contribution in [2.24, 2.45) is 0 Å². The van der Waals surface area contributed by atoms with Crippen molar-refractivity contribution in [2.75, 3.05) is 0 Å². The molecule has 4 rings (SSSR count). The van der Waals surface area contributed by atoms with Gasteiger partial charge in [0.2, 0.25) is 0 Å². The Morgan fingerprint density at radius 1 is 0.622 bits per heavy atom. The van der Waals surface area contributed by atoms with Crippen molar-refractivity contribution in [2.45, 2.75) is 27.1 Å². The molecule has 0 bridgehead atoms. The van der Waals surface area contributed by atoms with Crippen LogP contribution in [0, 0.1) is 10.1 Å². The second kappa shape index (κ2) is 16.5. The number of hydrogen-bond donors (Lipinski definition) is 1. The number of aliphatic hydroxyl groups is 1. The van der Waals surface area contributed by atoms with E-state index in [2.05, 4.69) is 4.84 Å². The minimum Gasteiger partial charge on any atom is -0.426 e. The van der Waals surface area contributed by atoms with Gasteiger partial charge in [0.1, 0.15) is 40.7 Å². The highest BCUT2D eigenvalue weighted by molar-refractivity contribution is 5.95. The summed E-state index contributed by atoms with van der Waals surface area (Å²) in [4.78, 5) is 60.7. The second-order valence-electron chi connectivity index (χ2n) is 8.90. The van der Waals surface area contributed by atoms with Crippen molar-refractivity contribution in [3.8, 4) is 23.0 Å². The average molecular weight is 618 g/mol. The topological polar surface area (TPSA) is 178 Å². The highest BCUT2D eigenvalue weighted by Gasteiger charge is 2.17. The van der Waals surface area contributed by atoms with Gasteiger partial charge < -0.3 is 28.9 Å². The van der Waals surface area contributed by atoms with E-state index in [1.807, 2.05) is 0 Å². The molecule has 13 heteroatoms. The van der Waals surface area contributed by atoms with Gasteiger partial charge in [-0.2, -0.15) is 0 Å². The summed E-state index contributed by atoms with van der Waals surface area (Å²) < 4.78 is 20.3. The highest BCUT2D eigenvalue weighted by atomic mass is 16.9. The molecular formula is C32H27NO12. The molecule has 0 aliphatic carbocycles. The molecular weight excluding hydrogens is 590 g/mol. The molecule has 4 aromatic carbocycles. The number of para-hydroxylation sites is 2. The lowest BCUT2D eigenvalue weighted by atomic mass is 10.2. The molecule has 0 atom stereocenters. The average Bonchev–Trinajstić information content (AvgIpc) is 3.01.